The Labute approximate surface area is 115 Å². The summed E-state index contributed by atoms with van der Waals surface area (Å²) in [6.07, 6.45) is 4.39. The van der Waals surface area contributed by atoms with E-state index in [1.54, 1.807) is 9.42 Å². The van der Waals surface area contributed by atoms with E-state index in [2.05, 4.69) is 22.2 Å². The molecule has 2 aromatic heterocycles. The van der Waals surface area contributed by atoms with Crippen molar-refractivity contribution in [1.82, 2.24) is 24.7 Å². The minimum atomic E-state index is -0.0225. The Morgan fingerprint density at radius 2 is 2.26 bits per heavy atom. The monoisotopic (exact) mass is 279 g/mol. The second kappa shape index (κ2) is 4.88. The molecule has 0 saturated heterocycles. The second-order valence-electron chi connectivity index (χ2n) is 5.01. The fraction of sp³-hybridized carbons (Fsp3) is 0.667. The molecule has 1 fully saturated rings. The van der Waals surface area contributed by atoms with Crippen molar-refractivity contribution < 1.29 is 4.79 Å². The number of nitrogens with zero attached hydrogens (tertiary/aromatic N) is 5. The number of unbranched alkanes of at least 4 members (excludes halogenated alkanes) is 1. The van der Waals surface area contributed by atoms with Gasteiger partial charge in [-0.05, 0) is 19.3 Å². The van der Waals surface area contributed by atoms with Crippen LogP contribution in [-0.4, -0.2) is 44.2 Å². The summed E-state index contributed by atoms with van der Waals surface area (Å²) in [5, 5.41) is 13.1. The highest BCUT2D eigenvalue weighted by atomic mass is 32.1. The van der Waals surface area contributed by atoms with Crippen LogP contribution in [0.1, 0.15) is 54.2 Å². The van der Waals surface area contributed by atoms with E-state index in [4.69, 9.17) is 0 Å². The van der Waals surface area contributed by atoms with Crippen molar-refractivity contribution in [2.45, 2.75) is 38.5 Å². The summed E-state index contributed by atoms with van der Waals surface area (Å²) < 4.78 is 1.74. The molecule has 2 aromatic rings. The van der Waals surface area contributed by atoms with Crippen molar-refractivity contribution in [2.24, 2.45) is 0 Å². The maximum Gasteiger partial charge on any atom is 0.284 e. The first kappa shape index (κ1) is 12.5. The van der Waals surface area contributed by atoms with Gasteiger partial charge >= 0.3 is 0 Å². The number of carbonyl (C=O) groups excluding carboxylic acids is 1. The van der Waals surface area contributed by atoms with Gasteiger partial charge in [-0.2, -0.15) is 4.52 Å². The van der Waals surface area contributed by atoms with Crippen LogP contribution in [0, 0.1) is 0 Å². The lowest BCUT2D eigenvalue weighted by Gasteiger charge is -2.14. The molecule has 7 heteroatoms. The van der Waals surface area contributed by atoms with E-state index in [1.807, 2.05) is 7.05 Å². The van der Waals surface area contributed by atoms with E-state index < -0.39 is 0 Å². The predicted octanol–water partition coefficient (Wildman–Crippen LogP) is 1.94. The van der Waals surface area contributed by atoms with Crippen molar-refractivity contribution in [1.29, 1.82) is 0 Å². The van der Waals surface area contributed by atoms with Gasteiger partial charge in [-0.3, -0.25) is 4.79 Å². The molecule has 0 aromatic carbocycles. The van der Waals surface area contributed by atoms with Crippen molar-refractivity contribution in [3.05, 3.63) is 10.8 Å². The van der Waals surface area contributed by atoms with E-state index in [1.165, 1.54) is 11.3 Å². The Morgan fingerprint density at radius 3 is 2.95 bits per heavy atom. The van der Waals surface area contributed by atoms with Gasteiger partial charge in [-0.25, -0.2) is 0 Å². The molecule has 1 aliphatic rings. The highest BCUT2D eigenvalue weighted by Gasteiger charge is 2.30. The van der Waals surface area contributed by atoms with Crippen molar-refractivity contribution >= 4 is 22.2 Å². The van der Waals surface area contributed by atoms with Crippen LogP contribution < -0.4 is 0 Å². The molecule has 0 N–H and O–H groups in total. The van der Waals surface area contributed by atoms with Crippen LogP contribution in [0.3, 0.4) is 0 Å². The van der Waals surface area contributed by atoms with Gasteiger partial charge in [0.15, 0.2) is 5.82 Å². The topological polar surface area (TPSA) is 63.4 Å². The molecule has 3 rings (SSSR count). The Kier molecular flexibility index (Phi) is 3.22. The SMILES string of the molecule is CCCCN(C)C(=O)c1nn2c(C3CC3)nnc2s1. The minimum Gasteiger partial charge on any atom is -0.340 e. The molecule has 1 amide bonds. The zero-order chi connectivity index (χ0) is 13.4. The Hall–Kier alpha value is -1.50. The minimum absolute atomic E-state index is 0.0225. The fourth-order valence-electron chi connectivity index (χ4n) is 1.97. The molecule has 19 heavy (non-hydrogen) atoms. The predicted molar refractivity (Wildman–Crippen MR) is 72.5 cm³/mol. The van der Waals surface area contributed by atoms with Gasteiger partial charge < -0.3 is 4.90 Å². The summed E-state index contributed by atoms with van der Waals surface area (Å²) in [5.41, 5.74) is 0. The van der Waals surface area contributed by atoms with Crippen LogP contribution in [0.25, 0.3) is 4.96 Å². The number of hydrogen-bond acceptors (Lipinski definition) is 5. The molecule has 0 spiro atoms. The first-order valence-corrected chi connectivity index (χ1v) is 7.50. The average Bonchev–Trinajstić information content (AvgIpc) is 3.03. The number of amides is 1. The molecule has 1 saturated carbocycles. The Balaban J connectivity index is 1.82. The lowest BCUT2D eigenvalue weighted by atomic mass is 10.3. The molecular formula is C12H17N5OS. The third-order valence-corrected chi connectivity index (χ3v) is 4.22. The average molecular weight is 279 g/mol. The normalized spacial score (nSPS) is 15.1. The number of carbonyl (C=O) groups is 1. The molecule has 1 aliphatic carbocycles. The quantitative estimate of drug-likeness (QED) is 0.839. The summed E-state index contributed by atoms with van der Waals surface area (Å²) in [6, 6.07) is 0. The van der Waals surface area contributed by atoms with Gasteiger partial charge in [0.05, 0.1) is 0 Å². The summed E-state index contributed by atoms with van der Waals surface area (Å²) in [4.78, 5) is 14.7. The first-order valence-electron chi connectivity index (χ1n) is 6.68. The molecule has 102 valence electrons. The van der Waals surface area contributed by atoms with Crippen LogP contribution >= 0.6 is 11.3 Å². The highest BCUT2D eigenvalue weighted by molar-refractivity contribution is 7.18. The molecule has 0 radical (unpaired) electrons. The molecule has 2 heterocycles. The van der Waals surface area contributed by atoms with Gasteiger partial charge in [-0.15, -0.1) is 15.3 Å². The van der Waals surface area contributed by atoms with E-state index in [-0.39, 0.29) is 5.91 Å². The third kappa shape index (κ3) is 2.34. The zero-order valence-corrected chi connectivity index (χ0v) is 12.0. The van der Waals surface area contributed by atoms with Gasteiger partial charge in [0.25, 0.3) is 5.91 Å². The number of rotatable bonds is 5. The smallest absolute Gasteiger partial charge is 0.284 e. The summed E-state index contributed by atoms with van der Waals surface area (Å²) in [5.74, 6) is 1.37. The summed E-state index contributed by atoms with van der Waals surface area (Å²) >= 11 is 1.32. The van der Waals surface area contributed by atoms with Gasteiger partial charge in [-0.1, -0.05) is 24.7 Å². The molecular weight excluding hydrogens is 262 g/mol. The standard InChI is InChI=1S/C12H17N5OS/c1-3-4-7-16(2)11(18)10-15-17-9(8-5-6-8)13-14-12(17)19-10/h8H,3-7H2,1-2H3. The lowest BCUT2D eigenvalue weighted by molar-refractivity contribution is 0.0791. The van der Waals surface area contributed by atoms with E-state index in [0.29, 0.717) is 15.9 Å². The lowest BCUT2D eigenvalue weighted by Crippen LogP contribution is -2.27. The maximum atomic E-state index is 12.2. The maximum absolute atomic E-state index is 12.2. The third-order valence-electron chi connectivity index (χ3n) is 3.33. The molecule has 0 bridgehead atoms. The second-order valence-corrected chi connectivity index (χ2v) is 5.97. The number of hydrogen-bond donors (Lipinski definition) is 0. The summed E-state index contributed by atoms with van der Waals surface area (Å²) in [6.45, 7) is 2.88. The fourth-order valence-corrected chi connectivity index (χ4v) is 2.82. The van der Waals surface area contributed by atoms with Crippen LogP contribution in [-0.2, 0) is 0 Å². The van der Waals surface area contributed by atoms with Crippen molar-refractivity contribution in [3.63, 3.8) is 0 Å². The van der Waals surface area contributed by atoms with Crippen molar-refractivity contribution in [2.75, 3.05) is 13.6 Å². The van der Waals surface area contributed by atoms with E-state index in [0.717, 1.165) is 38.1 Å². The largest absolute Gasteiger partial charge is 0.340 e. The van der Waals surface area contributed by atoms with Gasteiger partial charge in [0.1, 0.15) is 0 Å². The van der Waals surface area contributed by atoms with E-state index in [9.17, 15) is 4.79 Å². The van der Waals surface area contributed by atoms with Crippen LogP contribution in [0.4, 0.5) is 0 Å². The Bertz CT molecular complexity index is 600. The van der Waals surface area contributed by atoms with Crippen LogP contribution in [0.2, 0.25) is 0 Å². The number of fused-ring (bicyclic) bond motifs is 1. The molecule has 0 unspecified atom stereocenters. The van der Waals surface area contributed by atoms with Crippen LogP contribution in [0.5, 0.6) is 0 Å². The van der Waals surface area contributed by atoms with Crippen LogP contribution in [0.15, 0.2) is 0 Å². The Morgan fingerprint density at radius 1 is 1.47 bits per heavy atom. The number of aromatic nitrogens is 4. The highest BCUT2D eigenvalue weighted by Crippen LogP contribution is 2.39. The zero-order valence-electron chi connectivity index (χ0n) is 11.2. The first-order chi connectivity index (χ1) is 9.20. The van der Waals surface area contributed by atoms with Gasteiger partial charge in [0, 0.05) is 19.5 Å². The van der Waals surface area contributed by atoms with E-state index >= 15 is 0 Å². The molecule has 6 nitrogen and oxygen atoms in total. The van der Waals surface area contributed by atoms with Crippen molar-refractivity contribution in [3.8, 4) is 0 Å². The summed E-state index contributed by atoms with van der Waals surface area (Å²) in [7, 11) is 1.82. The van der Waals surface area contributed by atoms with Gasteiger partial charge in [0.2, 0.25) is 9.97 Å². The molecule has 0 atom stereocenters. The molecule has 0 aliphatic heterocycles.